The first-order valence-corrected chi connectivity index (χ1v) is 5.90. The predicted octanol–water partition coefficient (Wildman–Crippen LogP) is 1.62. The minimum Gasteiger partial charge on any atom is -0.477 e. The van der Waals surface area contributed by atoms with Crippen molar-refractivity contribution in [2.45, 2.75) is 0 Å². The predicted molar refractivity (Wildman–Crippen MR) is 71.7 cm³/mol. The molecule has 96 valence electrons. The first-order chi connectivity index (χ1) is 9.24. The maximum absolute atomic E-state index is 10.8. The van der Waals surface area contributed by atoms with Crippen molar-refractivity contribution in [1.29, 1.82) is 0 Å². The van der Waals surface area contributed by atoms with Crippen LogP contribution < -0.4 is 4.90 Å². The third-order valence-corrected chi connectivity index (χ3v) is 2.99. The summed E-state index contributed by atoms with van der Waals surface area (Å²) in [4.78, 5) is 17.0. The van der Waals surface area contributed by atoms with Gasteiger partial charge < -0.3 is 10.0 Å². The van der Waals surface area contributed by atoms with Crippen LogP contribution in [0.5, 0.6) is 0 Å². The molecular formula is C13H12N4O2. The van der Waals surface area contributed by atoms with Crippen LogP contribution in [0.4, 0.5) is 5.69 Å². The Morgan fingerprint density at radius 1 is 1.32 bits per heavy atom. The van der Waals surface area contributed by atoms with Crippen LogP contribution in [0.3, 0.4) is 0 Å². The zero-order chi connectivity index (χ0) is 13.2. The van der Waals surface area contributed by atoms with Crippen LogP contribution in [0.25, 0.3) is 11.3 Å². The molecule has 2 N–H and O–H groups in total. The van der Waals surface area contributed by atoms with Crippen molar-refractivity contribution in [3.05, 3.63) is 36.0 Å². The second-order valence-electron chi connectivity index (χ2n) is 4.23. The van der Waals surface area contributed by atoms with E-state index in [4.69, 9.17) is 5.11 Å². The fourth-order valence-electron chi connectivity index (χ4n) is 1.98. The van der Waals surface area contributed by atoms with Crippen molar-refractivity contribution >= 4 is 18.0 Å². The number of H-pyrrole nitrogens is 1. The standard InChI is InChI=1S/C13H12N4O2/c18-13(19)12-7-11(15-16-12)9-1-3-10(4-2-9)17-6-5-14-8-17/h1-4,7-8H,5-6H2,(H,15,16)(H,18,19). The van der Waals surface area contributed by atoms with E-state index in [0.29, 0.717) is 5.69 Å². The highest BCUT2D eigenvalue weighted by atomic mass is 16.4. The molecule has 6 heteroatoms. The van der Waals surface area contributed by atoms with Gasteiger partial charge in [0.15, 0.2) is 0 Å². The van der Waals surface area contributed by atoms with Crippen molar-refractivity contribution in [1.82, 2.24) is 10.2 Å². The lowest BCUT2D eigenvalue weighted by Crippen LogP contribution is -2.17. The van der Waals surface area contributed by atoms with Crippen LogP contribution in [0.1, 0.15) is 10.5 Å². The summed E-state index contributed by atoms with van der Waals surface area (Å²) >= 11 is 0. The molecule has 0 unspecified atom stereocenters. The van der Waals surface area contributed by atoms with Gasteiger partial charge in [-0.2, -0.15) is 5.10 Å². The maximum Gasteiger partial charge on any atom is 0.353 e. The van der Waals surface area contributed by atoms with Crippen molar-refractivity contribution in [3.8, 4) is 11.3 Å². The summed E-state index contributed by atoms with van der Waals surface area (Å²) in [7, 11) is 0. The molecule has 0 radical (unpaired) electrons. The van der Waals surface area contributed by atoms with Gasteiger partial charge in [0.25, 0.3) is 0 Å². The fraction of sp³-hybridized carbons (Fsp3) is 0.154. The molecule has 6 nitrogen and oxygen atoms in total. The molecule has 0 spiro atoms. The van der Waals surface area contributed by atoms with Gasteiger partial charge in [-0.3, -0.25) is 10.1 Å². The van der Waals surface area contributed by atoms with Gasteiger partial charge in [0.1, 0.15) is 5.69 Å². The molecule has 2 heterocycles. The molecule has 1 aromatic heterocycles. The average Bonchev–Trinajstić information content (AvgIpc) is 3.11. The SMILES string of the molecule is O=C(O)c1cc(-c2ccc(N3C=NCC3)cc2)n[nH]1. The van der Waals surface area contributed by atoms with E-state index in [1.165, 1.54) is 6.07 Å². The zero-order valence-electron chi connectivity index (χ0n) is 10.1. The number of aromatic amines is 1. The van der Waals surface area contributed by atoms with E-state index in [0.717, 1.165) is 24.3 Å². The molecule has 0 saturated heterocycles. The van der Waals surface area contributed by atoms with Crippen LogP contribution in [0, 0.1) is 0 Å². The number of aromatic nitrogens is 2. The number of carbonyl (C=O) groups is 1. The number of hydrogen-bond donors (Lipinski definition) is 2. The molecule has 0 aliphatic carbocycles. The molecule has 0 fully saturated rings. The molecule has 3 rings (SSSR count). The Balaban J connectivity index is 1.85. The summed E-state index contributed by atoms with van der Waals surface area (Å²) in [5.41, 5.74) is 2.66. The fourth-order valence-corrected chi connectivity index (χ4v) is 1.98. The minimum absolute atomic E-state index is 0.0887. The van der Waals surface area contributed by atoms with Crippen molar-refractivity contribution in [2.75, 3.05) is 18.0 Å². The first-order valence-electron chi connectivity index (χ1n) is 5.90. The topological polar surface area (TPSA) is 81.6 Å². The molecule has 0 bridgehead atoms. The highest BCUT2D eigenvalue weighted by Crippen LogP contribution is 2.22. The van der Waals surface area contributed by atoms with Gasteiger partial charge in [0, 0.05) is 17.8 Å². The van der Waals surface area contributed by atoms with Crippen LogP contribution in [0.15, 0.2) is 35.3 Å². The van der Waals surface area contributed by atoms with Gasteiger partial charge in [-0.15, -0.1) is 0 Å². The van der Waals surface area contributed by atoms with Gasteiger partial charge in [-0.1, -0.05) is 12.1 Å². The van der Waals surface area contributed by atoms with Crippen LogP contribution >= 0.6 is 0 Å². The van der Waals surface area contributed by atoms with E-state index >= 15 is 0 Å². The Kier molecular flexibility index (Phi) is 2.75. The van der Waals surface area contributed by atoms with Gasteiger partial charge in [0.2, 0.25) is 0 Å². The van der Waals surface area contributed by atoms with E-state index in [1.807, 2.05) is 30.6 Å². The number of nitrogens with zero attached hydrogens (tertiary/aromatic N) is 3. The van der Waals surface area contributed by atoms with Crippen molar-refractivity contribution in [2.24, 2.45) is 4.99 Å². The molecule has 2 aromatic rings. The molecule has 0 saturated carbocycles. The zero-order valence-corrected chi connectivity index (χ0v) is 10.1. The third kappa shape index (κ3) is 2.20. The average molecular weight is 256 g/mol. The number of hydrogen-bond acceptors (Lipinski definition) is 4. The Labute approximate surface area is 109 Å². The summed E-state index contributed by atoms with van der Waals surface area (Å²) in [5, 5.41) is 15.3. The summed E-state index contributed by atoms with van der Waals surface area (Å²) in [6, 6.07) is 9.31. The molecule has 1 aliphatic heterocycles. The molecule has 19 heavy (non-hydrogen) atoms. The summed E-state index contributed by atoms with van der Waals surface area (Å²) in [6.45, 7) is 1.72. The molecule has 0 amide bonds. The van der Waals surface area contributed by atoms with Gasteiger partial charge in [-0.25, -0.2) is 4.79 Å². The smallest absolute Gasteiger partial charge is 0.353 e. The van der Waals surface area contributed by atoms with Gasteiger partial charge >= 0.3 is 5.97 Å². The number of benzene rings is 1. The maximum atomic E-state index is 10.8. The van der Waals surface area contributed by atoms with Crippen molar-refractivity contribution in [3.63, 3.8) is 0 Å². The highest BCUT2D eigenvalue weighted by molar-refractivity contribution is 5.87. The lowest BCUT2D eigenvalue weighted by Gasteiger charge is -2.13. The minimum atomic E-state index is -1.01. The number of nitrogens with one attached hydrogen (secondary N) is 1. The van der Waals surface area contributed by atoms with E-state index < -0.39 is 5.97 Å². The lowest BCUT2D eigenvalue weighted by atomic mass is 10.1. The summed E-state index contributed by atoms with van der Waals surface area (Å²) in [6.07, 6.45) is 1.83. The van der Waals surface area contributed by atoms with Crippen LogP contribution in [-0.4, -0.2) is 40.7 Å². The lowest BCUT2D eigenvalue weighted by molar-refractivity contribution is 0.0690. The monoisotopic (exact) mass is 256 g/mol. The normalized spacial score (nSPS) is 14.0. The van der Waals surface area contributed by atoms with Gasteiger partial charge in [-0.05, 0) is 18.2 Å². The number of anilines is 1. The largest absolute Gasteiger partial charge is 0.477 e. The number of rotatable bonds is 3. The summed E-state index contributed by atoms with van der Waals surface area (Å²) in [5.74, 6) is -1.01. The second kappa shape index (κ2) is 4.56. The van der Waals surface area contributed by atoms with E-state index in [-0.39, 0.29) is 5.69 Å². The van der Waals surface area contributed by atoms with Crippen molar-refractivity contribution < 1.29 is 9.90 Å². The highest BCUT2D eigenvalue weighted by Gasteiger charge is 2.11. The molecule has 0 atom stereocenters. The van der Waals surface area contributed by atoms with E-state index in [9.17, 15) is 4.79 Å². The quantitative estimate of drug-likeness (QED) is 0.874. The number of carboxylic acid groups (broad SMARTS) is 1. The Morgan fingerprint density at radius 3 is 2.68 bits per heavy atom. The van der Waals surface area contributed by atoms with Crippen LogP contribution in [0.2, 0.25) is 0 Å². The Hall–Kier alpha value is -2.63. The van der Waals surface area contributed by atoms with Gasteiger partial charge in [0.05, 0.1) is 18.6 Å². The first kappa shape index (κ1) is 11.5. The van der Waals surface area contributed by atoms with E-state index in [1.54, 1.807) is 0 Å². The Bertz CT molecular complexity index is 630. The number of aliphatic imine (C=N–C) groups is 1. The molecular weight excluding hydrogens is 244 g/mol. The number of aromatic carboxylic acids is 1. The van der Waals surface area contributed by atoms with E-state index in [2.05, 4.69) is 20.1 Å². The Morgan fingerprint density at radius 2 is 2.11 bits per heavy atom. The third-order valence-electron chi connectivity index (χ3n) is 2.99. The number of carboxylic acids is 1. The molecule has 1 aromatic carbocycles. The molecule has 1 aliphatic rings. The van der Waals surface area contributed by atoms with Crippen LogP contribution in [-0.2, 0) is 0 Å². The summed E-state index contributed by atoms with van der Waals surface area (Å²) < 4.78 is 0. The second-order valence-corrected chi connectivity index (χ2v) is 4.23.